The van der Waals surface area contributed by atoms with Gasteiger partial charge in [0.25, 0.3) is 0 Å². The van der Waals surface area contributed by atoms with Gasteiger partial charge in [0.05, 0.1) is 12.3 Å². The van der Waals surface area contributed by atoms with E-state index in [0.717, 1.165) is 51.8 Å². The van der Waals surface area contributed by atoms with Crippen LogP contribution in [0.3, 0.4) is 0 Å². The van der Waals surface area contributed by atoms with Crippen molar-refractivity contribution in [3.63, 3.8) is 0 Å². The molecule has 8 unspecified atom stereocenters. The SMILES string of the molecule is CC.CNC1CC(C)NC(NC2CC3CCOC3C(C3=CCNCCC3)C2F)N1. The fourth-order valence-corrected chi connectivity index (χ4v) is 5.43. The van der Waals surface area contributed by atoms with Crippen LogP contribution in [0.2, 0.25) is 0 Å². The molecule has 5 N–H and O–H groups in total. The molecule has 1 aliphatic carbocycles. The summed E-state index contributed by atoms with van der Waals surface area (Å²) in [5.41, 5.74) is 1.27. The van der Waals surface area contributed by atoms with E-state index in [2.05, 4.69) is 39.6 Å². The molecular formula is C22H42FN5O. The zero-order valence-electron chi connectivity index (χ0n) is 18.6. The molecule has 4 aliphatic rings. The Hall–Kier alpha value is -0.570. The van der Waals surface area contributed by atoms with E-state index in [0.29, 0.717) is 12.0 Å². The first-order valence-corrected chi connectivity index (χ1v) is 11.8. The van der Waals surface area contributed by atoms with Crippen LogP contribution in [-0.2, 0) is 4.74 Å². The van der Waals surface area contributed by atoms with Crippen LogP contribution < -0.4 is 26.6 Å². The Morgan fingerprint density at radius 1 is 1.21 bits per heavy atom. The molecule has 1 saturated carbocycles. The molecule has 0 aromatic rings. The maximum absolute atomic E-state index is 15.8. The Labute approximate surface area is 176 Å². The third-order valence-electron chi connectivity index (χ3n) is 6.79. The van der Waals surface area contributed by atoms with E-state index in [-0.39, 0.29) is 30.5 Å². The van der Waals surface area contributed by atoms with E-state index in [1.54, 1.807) is 0 Å². The predicted molar refractivity (Wildman–Crippen MR) is 116 cm³/mol. The molecule has 3 aliphatic heterocycles. The van der Waals surface area contributed by atoms with Crippen LogP contribution in [0, 0.1) is 11.8 Å². The van der Waals surface area contributed by atoms with Crippen LogP contribution in [0.15, 0.2) is 11.6 Å². The van der Waals surface area contributed by atoms with Crippen LogP contribution >= 0.6 is 0 Å². The van der Waals surface area contributed by atoms with Gasteiger partial charge in [-0.1, -0.05) is 25.5 Å². The van der Waals surface area contributed by atoms with Gasteiger partial charge in [0.15, 0.2) is 0 Å². The van der Waals surface area contributed by atoms with Crippen LogP contribution in [-0.4, -0.2) is 63.6 Å². The molecule has 7 heteroatoms. The van der Waals surface area contributed by atoms with Crippen molar-refractivity contribution in [3.05, 3.63) is 11.6 Å². The number of halogens is 1. The summed E-state index contributed by atoms with van der Waals surface area (Å²) in [6, 6.07) is 0.236. The Bertz CT molecular complexity index is 533. The molecule has 0 aromatic carbocycles. The number of ether oxygens (including phenoxy) is 1. The molecule has 3 fully saturated rings. The Morgan fingerprint density at radius 2 is 2.03 bits per heavy atom. The lowest BCUT2D eigenvalue weighted by atomic mass is 9.71. The number of alkyl halides is 1. The zero-order valence-corrected chi connectivity index (χ0v) is 18.6. The molecule has 8 atom stereocenters. The minimum Gasteiger partial charge on any atom is -0.377 e. The largest absolute Gasteiger partial charge is 0.377 e. The molecule has 4 rings (SSSR count). The van der Waals surface area contributed by atoms with Crippen molar-refractivity contribution in [1.82, 2.24) is 26.6 Å². The quantitative estimate of drug-likeness (QED) is 0.455. The van der Waals surface area contributed by atoms with E-state index in [4.69, 9.17) is 4.74 Å². The lowest BCUT2D eigenvalue weighted by molar-refractivity contribution is -0.0262. The summed E-state index contributed by atoms with van der Waals surface area (Å²) >= 11 is 0. The summed E-state index contributed by atoms with van der Waals surface area (Å²) in [4.78, 5) is 0. The predicted octanol–water partition coefficient (Wildman–Crippen LogP) is 1.84. The maximum Gasteiger partial charge on any atom is 0.124 e. The number of hydrogen-bond acceptors (Lipinski definition) is 6. The first-order valence-electron chi connectivity index (χ1n) is 11.8. The second-order valence-electron chi connectivity index (χ2n) is 8.69. The van der Waals surface area contributed by atoms with Gasteiger partial charge in [0.2, 0.25) is 0 Å². The van der Waals surface area contributed by atoms with Crippen molar-refractivity contribution in [1.29, 1.82) is 0 Å². The highest BCUT2D eigenvalue weighted by Crippen LogP contribution is 2.44. The number of hydrogen-bond donors (Lipinski definition) is 5. The minimum absolute atomic E-state index is 0.0543. The van der Waals surface area contributed by atoms with Crippen molar-refractivity contribution in [2.75, 3.05) is 26.7 Å². The monoisotopic (exact) mass is 411 g/mol. The Kier molecular flexibility index (Phi) is 8.89. The Morgan fingerprint density at radius 3 is 2.83 bits per heavy atom. The minimum atomic E-state index is -0.914. The molecule has 0 bridgehead atoms. The average molecular weight is 412 g/mol. The van der Waals surface area contributed by atoms with Gasteiger partial charge in [-0.25, -0.2) is 4.39 Å². The zero-order chi connectivity index (χ0) is 20.8. The van der Waals surface area contributed by atoms with Crippen LogP contribution in [0.1, 0.15) is 52.9 Å². The van der Waals surface area contributed by atoms with Gasteiger partial charge >= 0.3 is 0 Å². The maximum atomic E-state index is 15.8. The number of rotatable bonds is 4. The molecule has 0 amide bonds. The summed E-state index contributed by atoms with van der Waals surface area (Å²) in [5.74, 6) is 0.350. The Balaban J connectivity index is 0.00000117. The second kappa shape index (κ2) is 11.2. The van der Waals surface area contributed by atoms with Gasteiger partial charge in [-0.3, -0.25) is 16.0 Å². The lowest BCUT2D eigenvalue weighted by Crippen LogP contribution is -2.69. The van der Waals surface area contributed by atoms with E-state index < -0.39 is 6.17 Å². The molecule has 0 spiro atoms. The molecule has 2 saturated heterocycles. The highest BCUT2D eigenvalue weighted by Gasteiger charge is 2.49. The third-order valence-corrected chi connectivity index (χ3v) is 6.79. The highest BCUT2D eigenvalue weighted by molar-refractivity contribution is 5.18. The van der Waals surface area contributed by atoms with Gasteiger partial charge in [0, 0.05) is 31.2 Å². The van der Waals surface area contributed by atoms with Gasteiger partial charge in [-0.2, -0.15) is 0 Å². The first-order chi connectivity index (χ1) is 14.2. The lowest BCUT2D eigenvalue weighted by Gasteiger charge is -2.45. The van der Waals surface area contributed by atoms with Gasteiger partial charge in [-0.05, 0) is 58.5 Å². The van der Waals surface area contributed by atoms with Gasteiger partial charge < -0.3 is 15.4 Å². The average Bonchev–Trinajstić information content (AvgIpc) is 3.02. The van der Waals surface area contributed by atoms with Crippen molar-refractivity contribution >= 4 is 0 Å². The fraction of sp³-hybridized carbons (Fsp3) is 0.909. The van der Waals surface area contributed by atoms with Gasteiger partial charge in [0.1, 0.15) is 12.5 Å². The van der Waals surface area contributed by atoms with E-state index in [9.17, 15) is 0 Å². The smallest absolute Gasteiger partial charge is 0.124 e. The molecule has 0 aromatic heterocycles. The van der Waals surface area contributed by atoms with Crippen molar-refractivity contribution in [2.24, 2.45) is 11.8 Å². The molecule has 29 heavy (non-hydrogen) atoms. The molecular weight excluding hydrogens is 369 g/mol. The normalized spacial score (nSPS) is 42.9. The van der Waals surface area contributed by atoms with Crippen LogP contribution in [0.5, 0.6) is 0 Å². The second-order valence-corrected chi connectivity index (χ2v) is 8.69. The van der Waals surface area contributed by atoms with Crippen LogP contribution in [0.25, 0.3) is 0 Å². The van der Waals surface area contributed by atoms with Crippen LogP contribution in [0.4, 0.5) is 4.39 Å². The summed E-state index contributed by atoms with van der Waals surface area (Å²) in [7, 11) is 1.97. The molecule has 6 nitrogen and oxygen atoms in total. The summed E-state index contributed by atoms with van der Waals surface area (Å²) in [5, 5.41) is 17.3. The number of fused-ring (bicyclic) bond motifs is 1. The summed E-state index contributed by atoms with van der Waals surface area (Å²) < 4.78 is 21.9. The fourth-order valence-electron chi connectivity index (χ4n) is 5.43. The molecule has 168 valence electrons. The van der Waals surface area contributed by atoms with Gasteiger partial charge in [-0.15, -0.1) is 0 Å². The summed E-state index contributed by atoms with van der Waals surface area (Å²) in [6.07, 6.45) is 6.52. The van der Waals surface area contributed by atoms with Crippen molar-refractivity contribution in [3.8, 4) is 0 Å². The van der Waals surface area contributed by atoms with Crippen molar-refractivity contribution in [2.45, 2.75) is 89.7 Å². The third kappa shape index (κ3) is 5.57. The highest BCUT2D eigenvalue weighted by atomic mass is 19.1. The van der Waals surface area contributed by atoms with E-state index in [1.165, 1.54) is 5.57 Å². The van der Waals surface area contributed by atoms with Crippen molar-refractivity contribution < 1.29 is 9.13 Å². The summed E-state index contributed by atoms with van der Waals surface area (Å²) in [6.45, 7) is 8.82. The standard InChI is InChI=1S/C20H36FN5O.C2H6/c1-12-10-16(22-2)26-20(24-12)25-15-11-14-6-9-27-19(14)17(18(15)21)13-4-3-7-23-8-5-13;1-2/h5,12,14-20,22-26H,3-4,6-11H2,1-2H3;1-2H3. The molecule has 0 radical (unpaired) electrons. The van der Waals surface area contributed by atoms with E-state index in [1.807, 2.05) is 20.9 Å². The van der Waals surface area contributed by atoms with E-state index >= 15 is 4.39 Å². The number of nitrogens with one attached hydrogen (secondary N) is 5. The topological polar surface area (TPSA) is 69.4 Å². The first kappa shape index (κ1) is 23.1. The molecule has 3 heterocycles.